The summed E-state index contributed by atoms with van der Waals surface area (Å²) in [5.41, 5.74) is -0.365. The zero-order chi connectivity index (χ0) is 17.7. The van der Waals surface area contributed by atoms with E-state index in [0.29, 0.717) is 24.5 Å². The average Bonchev–Trinajstić information content (AvgIpc) is 2.59. The number of H-pyrrole nitrogens is 1. The minimum absolute atomic E-state index is 0.107. The maximum Gasteiger partial charge on any atom is 0.328 e. The highest BCUT2D eigenvalue weighted by Gasteiger charge is 2.12. The summed E-state index contributed by atoms with van der Waals surface area (Å²) in [6, 6.07) is 5.48. The molecule has 0 aliphatic rings. The van der Waals surface area contributed by atoms with Crippen molar-refractivity contribution in [3.63, 3.8) is 0 Å². The van der Waals surface area contributed by atoms with E-state index in [1.165, 1.54) is 7.05 Å². The molecule has 24 heavy (non-hydrogen) atoms. The molecule has 0 fully saturated rings. The van der Waals surface area contributed by atoms with Gasteiger partial charge in [0.2, 0.25) is 0 Å². The molecule has 2 rings (SSSR count). The molecule has 0 aliphatic carbocycles. The van der Waals surface area contributed by atoms with Crippen molar-refractivity contribution in [2.24, 2.45) is 7.05 Å². The molecule has 0 saturated heterocycles. The van der Waals surface area contributed by atoms with E-state index >= 15 is 0 Å². The summed E-state index contributed by atoms with van der Waals surface area (Å²) in [4.78, 5) is 37.5. The van der Waals surface area contributed by atoms with Gasteiger partial charge >= 0.3 is 5.69 Å². The van der Waals surface area contributed by atoms with Crippen LogP contribution in [0.2, 0.25) is 0 Å². The van der Waals surface area contributed by atoms with Crippen LogP contribution in [-0.4, -0.2) is 36.2 Å². The largest absolute Gasteiger partial charge is 0.493 e. The molecule has 1 amide bonds. The van der Waals surface area contributed by atoms with Crippen molar-refractivity contribution in [2.75, 3.05) is 20.8 Å². The van der Waals surface area contributed by atoms with E-state index in [4.69, 9.17) is 9.47 Å². The van der Waals surface area contributed by atoms with Crippen molar-refractivity contribution in [2.45, 2.75) is 6.42 Å². The minimum atomic E-state index is -0.637. The number of ether oxygens (including phenoxy) is 2. The number of nitrogens with one attached hydrogen (secondary N) is 2. The van der Waals surface area contributed by atoms with E-state index in [0.717, 1.165) is 16.3 Å². The summed E-state index contributed by atoms with van der Waals surface area (Å²) in [5.74, 6) is 0.699. The first kappa shape index (κ1) is 17.3. The van der Waals surface area contributed by atoms with Crippen LogP contribution in [0.25, 0.3) is 0 Å². The number of aromatic amines is 1. The van der Waals surface area contributed by atoms with Gasteiger partial charge in [-0.25, -0.2) is 4.79 Å². The number of aromatic nitrogens is 2. The van der Waals surface area contributed by atoms with Crippen LogP contribution in [0.3, 0.4) is 0 Å². The van der Waals surface area contributed by atoms with E-state index in [1.807, 2.05) is 12.1 Å². The SMILES string of the molecule is COc1ccc(CCNC(=O)c2c[nH]c(=O)n(C)c2=O)cc1OC. The molecular formula is C16H19N3O5. The predicted molar refractivity (Wildman–Crippen MR) is 87.9 cm³/mol. The number of carbonyl (C=O) groups is 1. The Morgan fingerprint density at radius 3 is 2.58 bits per heavy atom. The van der Waals surface area contributed by atoms with E-state index in [1.54, 1.807) is 20.3 Å². The Morgan fingerprint density at radius 1 is 1.21 bits per heavy atom. The van der Waals surface area contributed by atoms with Gasteiger partial charge in [-0.15, -0.1) is 0 Å². The van der Waals surface area contributed by atoms with Crippen LogP contribution in [-0.2, 0) is 13.5 Å². The van der Waals surface area contributed by atoms with E-state index in [2.05, 4.69) is 10.3 Å². The summed E-state index contributed by atoms with van der Waals surface area (Å²) in [5, 5.41) is 2.65. The first-order valence-electron chi connectivity index (χ1n) is 7.25. The molecule has 0 radical (unpaired) electrons. The lowest BCUT2D eigenvalue weighted by Crippen LogP contribution is -2.39. The Bertz CT molecular complexity index is 854. The summed E-state index contributed by atoms with van der Waals surface area (Å²) < 4.78 is 11.2. The van der Waals surface area contributed by atoms with Gasteiger partial charge in [-0.2, -0.15) is 0 Å². The van der Waals surface area contributed by atoms with Crippen LogP contribution in [0.15, 0.2) is 34.0 Å². The molecule has 1 heterocycles. The molecule has 0 bridgehead atoms. The summed E-state index contributed by atoms with van der Waals surface area (Å²) in [6.45, 7) is 0.330. The van der Waals surface area contributed by atoms with Gasteiger partial charge in [0.05, 0.1) is 14.2 Å². The zero-order valence-electron chi connectivity index (χ0n) is 13.7. The molecular weight excluding hydrogens is 314 g/mol. The lowest BCUT2D eigenvalue weighted by atomic mass is 10.1. The average molecular weight is 333 g/mol. The molecule has 0 atom stereocenters. The monoisotopic (exact) mass is 333 g/mol. The van der Waals surface area contributed by atoms with Crippen molar-refractivity contribution in [3.05, 3.63) is 56.4 Å². The second-order valence-electron chi connectivity index (χ2n) is 5.07. The molecule has 0 spiro atoms. The minimum Gasteiger partial charge on any atom is -0.493 e. The number of benzene rings is 1. The van der Waals surface area contributed by atoms with Gasteiger partial charge in [-0.1, -0.05) is 6.07 Å². The molecule has 0 unspecified atom stereocenters. The molecule has 128 valence electrons. The van der Waals surface area contributed by atoms with Crippen molar-refractivity contribution < 1.29 is 14.3 Å². The smallest absolute Gasteiger partial charge is 0.328 e. The standard InChI is InChI=1S/C16H19N3O5/c1-19-15(21)11(9-18-16(19)22)14(20)17-7-6-10-4-5-12(23-2)13(8-10)24-3/h4-5,8-9H,6-7H2,1-3H3,(H,17,20)(H,18,22). The number of rotatable bonds is 6. The van der Waals surface area contributed by atoms with Gasteiger partial charge in [0, 0.05) is 19.8 Å². The van der Waals surface area contributed by atoms with Crippen LogP contribution in [0.5, 0.6) is 11.5 Å². The number of hydrogen-bond donors (Lipinski definition) is 2. The number of nitrogens with zero attached hydrogens (tertiary/aromatic N) is 1. The quantitative estimate of drug-likeness (QED) is 0.778. The number of methoxy groups -OCH3 is 2. The Balaban J connectivity index is 2.02. The van der Waals surface area contributed by atoms with Crippen LogP contribution in [0, 0.1) is 0 Å². The lowest BCUT2D eigenvalue weighted by Gasteiger charge is -2.10. The van der Waals surface area contributed by atoms with Gasteiger partial charge < -0.3 is 19.8 Å². The third-order valence-corrected chi connectivity index (χ3v) is 3.57. The molecule has 8 nitrogen and oxygen atoms in total. The normalized spacial score (nSPS) is 10.3. The summed E-state index contributed by atoms with van der Waals surface area (Å²) in [6.07, 6.45) is 1.67. The van der Waals surface area contributed by atoms with Crippen molar-refractivity contribution in [3.8, 4) is 11.5 Å². The first-order chi connectivity index (χ1) is 11.5. The first-order valence-corrected chi connectivity index (χ1v) is 7.25. The molecule has 0 aliphatic heterocycles. The molecule has 8 heteroatoms. The predicted octanol–water partition coefficient (Wildman–Crippen LogP) is 0.0633. The Morgan fingerprint density at radius 2 is 1.92 bits per heavy atom. The van der Waals surface area contributed by atoms with E-state index < -0.39 is 17.2 Å². The maximum absolute atomic E-state index is 12.1. The molecule has 1 aromatic heterocycles. The van der Waals surface area contributed by atoms with E-state index in [-0.39, 0.29) is 5.56 Å². The molecule has 2 N–H and O–H groups in total. The zero-order valence-corrected chi connectivity index (χ0v) is 13.7. The topological polar surface area (TPSA) is 102 Å². The van der Waals surface area contributed by atoms with Gasteiger partial charge in [0.1, 0.15) is 5.56 Å². The second-order valence-corrected chi connectivity index (χ2v) is 5.07. The third-order valence-electron chi connectivity index (χ3n) is 3.57. The van der Waals surface area contributed by atoms with Crippen molar-refractivity contribution in [1.82, 2.24) is 14.9 Å². The van der Waals surface area contributed by atoms with Crippen LogP contribution < -0.4 is 26.0 Å². The maximum atomic E-state index is 12.1. The van der Waals surface area contributed by atoms with Gasteiger partial charge in [-0.3, -0.25) is 14.2 Å². The third kappa shape index (κ3) is 3.65. The molecule has 1 aromatic carbocycles. The second kappa shape index (κ2) is 7.49. The summed E-state index contributed by atoms with van der Waals surface area (Å²) >= 11 is 0. The Hall–Kier alpha value is -3.03. The lowest BCUT2D eigenvalue weighted by molar-refractivity contribution is 0.0951. The highest BCUT2D eigenvalue weighted by Crippen LogP contribution is 2.27. The van der Waals surface area contributed by atoms with Crippen LogP contribution in [0.4, 0.5) is 0 Å². The number of carbonyl (C=O) groups excluding carboxylic acids is 1. The number of hydrogen-bond acceptors (Lipinski definition) is 5. The van der Waals surface area contributed by atoms with Gasteiger partial charge in [0.25, 0.3) is 11.5 Å². The molecule has 2 aromatic rings. The van der Waals surface area contributed by atoms with Gasteiger partial charge in [0.15, 0.2) is 11.5 Å². The fraction of sp³-hybridized carbons (Fsp3) is 0.312. The summed E-state index contributed by atoms with van der Waals surface area (Å²) in [7, 11) is 4.42. The Labute approximate surface area is 138 Å². The molecule has 0 saturated carbocycles. The van der Waals surface area contributed by atoms with Crippen LogP contribution >= 0.6 is 0 Å². The fourth-order valence-electron chi connectivity index (χ4n) is 2.18. The van der Waals surface area contributed by atoms with Crippen LogP contribution in [0.1, 0.15) is 15.9 Å². The van der Waals surface area contributed by atoms with Gasteiger partial charge in [-0.05, 0) is 24.1 Å². The van der Waals surface area contributed by atoms with Crippen molar-refractivity contribution in [1.29, 1.82) is 0 Å². The van der Waals surface area contributed by atoms with E-state index in [9.17, 15) is 14.4 Å². The highest BCUT2D eigenvalue weighted by molar-refractivity contribution is 5.93. The Kier molecular flexibility index (Phi) is 5.41. The fourth-order valence-corrected chi connectivity index (χ4v) is 2.18. The number of amides is 1. The highest BCUT2D eigenvalue weighted by atomic mass is 16.5. The van der Waals surface area contributed by atoms with Crippen molar-refractivity contribution >= 4 is 5.91 Å².